The molecule has 0 aliphatic carbocycles. The van der Waals surface area contributed by atoms with Crippen molar-refractivity contribution in [3.8, 4) is 22.3 Å². The molecule has 2 radical (unpaired) electrons. The normalized spacial score (nSPS) is 11.9. The predicted molar refractivity (Wildman–Crippen MR) is 224 cm³/mol. The van der Waals surface area contributed by atoms with Crippen molar-refractivity contribution in [3.05, 3.63) is 146 Å². The van der Waals surface area contributed by atoms with Crippen molar-refractivity contribution in [3.63, 3.8) is 0 Å². The Morgan fingerprint density at radius 3 is 1.35 bits per heavy atom. The summed E-state index contributed by atoms with van der Waals surface area (Å²) in [6.45, 7) is 18.9. The molecular formula is C45H56Cl2SiZr-4. The van der Waals surface area contributed by atoms with Gasteiger partial charge in [0, 0.05) is 0 Å². The first-order chi connectivity index (χ1) is 21.8. The number of hydrogen-bond acceptors (Lipinski definition) is 0. The molecule has 3 atom stereocenters. The number of rotatable bonds is 8. The van der Waals surface area contributed by atoms with Crippen molar-refractivity contribution in [2.24, 2.45) is 0 Å². The zero-order chi connectivity index (χ0) is 32.5. The first kappa shape index (κ1) is 46.8. The molecule has 49 heavy (non-hydrogen) atoms. The summed E-state index contributed by atoms with van der Waals surface area (Å²) in [5.74, 6) is 1.90. The van der Waals surface area contributed by atoms with E-state index in [2.05, 4.69) is 165 Å². The Balaban J connectivity index is 0.000000836. The minimum absolute atomic E-state index is 0. The Kier molecular flexibility index (Phi) is 21.5. The zero-order valence-electron chi connectivity index (χ0n) is 31.1. The summed E-state index contributed by atoms with van der Waals surface area (Å²) < 4.78 is 0. The van der Waals surface area contributed by atoms with Gasteiger partial charge in [-0.05, 0) is 52.8 Å². The summed E-state index contributed by atoms with van der Waals surface area (Å²) in [6.07, 6.45) is 3.57. The summed E-state index contributed by atoms with van der Waals surface area (Å²) in [6, 6.07) is 40.8. The molecule has 0 amide bonds. The van der Waals surface area contributed by atoms with Crippen LogP contribution in [0, 0.1) is 21.8 Å². The SMILES string of the molecule is CCC(C)c1ccc(-c2cccc3[cH-]c(C(C)CC)cc23)cc1.CCC(C)c1ccc(-c2cccc3[cH-]c(C)cc23)cc1.Cl.Cl.[CH3-].[CH3-].[Si]=[Zr]. The van der Waals surface area contributed by atoms with Crippen LogP contribution >= 0.6 is 24.8 Å². The molecule has 0 nitrogen and oxygen atoms in total. The average Bonchev–Trinajstić information content (AvgIpc) is 3.71. The Hall–Kier alpha value is -2.22. The Morgan fingerprint density at radius 2 is 0.939 bits per heavy atom. The quantitative estimate of drug-likeness (QED) is 0.106. The molecule has 4 heteroatoms. The average molecular weight is 787 g/mol. The first-order valence-corrected chi connectivity index (χ1v) is 20.8. The molecule has 0 heterocycles. The summed E-state index contributed by atoms with van der Waals surface area (Å²) in [5.41, 5.74) is 11.0. The van der Waals surface area contributed by atoms with Gasteiger partial charge in [0.25, 0.3) is 0 Å². The molecule has 6 aromatic rings. The number of fused-ring (bicyclic) bond motifs is 2. The second kappa shape index (κ2) is 22.6. The third kappa shape index (κ3) is 11.4. The van der Waals surface area contributed by atoms with Crippen LogP contribution in [-0.4, -0.2) is 6.88 Å². The molecule has 0 bridgehead atoms. The van der Waals surface area contributed by atoms with E-state index in [9.17, 15) is 0 Å². The van der Waals surface area contributed by atoms with E-state index < -0.39 is 0 Å². The molecule has 0 aliphatic heterocycles. The number of aryl methyl sites for hydroxylation is 1. The molecule has 3 unspecified atom stereocenters. The van der Waals surface area contributed by atoms with Crippen LogP contribution in [0.15, 0.2) is 109 Å². The van der Waals surface area contributed by atoms with Crippen LogP contribution in [0.4, 0.5) is 0 Å². The third-order valence-corrected chi connectivity index (χ3v) is 9.66. The molecule has 0 spiro atoms. The van der Waals surface area contributed by atoms with Crippen LogP contribution in [0.2, 0.25) is 0 Å². The zero-order valence-corrected chi connectivity index (χ0v) is 36.2. The van der Waals surface area contributed by atoms with Crippen LogP contribution in [0.25, 0.3) is 43.8 Å². The molecule has 0 aliphatic rings. The van der Waals surface area contributed by atoms with Crippen molar-refractivity contribution in [1.82, 2.24) is 0 Å². The van der Waals surface area contributed by atoms with Gasteiger partial charge in [-0.1, -0.05) is 127 Å². The van der Waals surface area contributed by atoms with Gasteiger partial charge in [0.2, 0.25) is 0 Å². The number of halogens is 2. The van der Waals surface area contributed by atoms with Crippen molar-refractivity contribution >= 4 is 53.2 Å². The molecule has 0 N–H and O–H groups in total. The monoisotopic (exact) mass is 784 g/mol. The van der Waals surface area contributed by atoms with Crippen LogP contribution < -0.4 is 0 Å². The topological polar surface area (TPSA) is 0 Å². The molecule has 0 fully saturated rings. The van der Waals surface area contributed by atoms with Gasteiger partial charge < -0.3 is 14.9 Å². The van der Waals surface area contributed by atoms with Gasteiger partial charge in [-0.3, -0.25) is 0 Å². The fraction of sp³-hybridized carbons (Fsp3) is 0.289. The van der Waals surface area contributed by atoms with Crippen LogP contribution in [0.3, 0.4) is 0 Å². The summed E-state index contributed by atoms with van der Waals surface area (Å²) in [7, 11) is 0. The van der Waals surface area contributed by atoms with Crippen LogP contribution in [0.1, 0.15) is 101 Å². The third-order valence-electron chi connectivity index (χ3n) is 9.66. The molecule has 0 saturated carbocycles. The van der Waals surface area contributed by atoms with Gasteiger partial charge in [-0.2, -0.15) is 12.1 Å². The maximum absolute atomic E-state index is 3.06. The van der Waals surface area contributed by atoms with Crippen LogP contribution in [0.5, 0.6) is 0 Å². The molecular weight excluding hydrogens is 731 g/mol. The standard InChI is InChI=1S/C23H27.C20H21.2CH3.2ClH.Si.Zr/c1-5-16(3)18-10-12-19(13-11-18)22-9-7-8-20-14-21(15-23(20)22)17(4)6-2;1-4-15(3)16-8-10-17(11-9-16)19-7-5-6-18-12-14(2)13-20(18)19;;;;;;/h7-17H,5-6H2,1-4H3;5-13,15H,4H2,1-3H3;2*1H3;2*1H;;/q4*-1;;;;. The Morgan fingerprint density at radius 1 is 0.551 bits per heavy atom. The van der Waals surface area contributed by atoms with E-state index >= 15 is 0 Å². The van der Waals surface area contributed by atoms with Crippen molar-refractivity contribution < 1.29 is 23.3 Å². The molecule has 0 aromatic heterocycles. The maximum atomic E-state index is 3.06. The predicted octanol–water partition coefficient (Wildman–Crippen LogP) is 14.7. The molecule has 6 rings (SSSR count). The fourth-order valence-electron chi connectivity index (χ4n) is 6.12. The van der Waals surface area contributed by atoms with E-state index in [1.807, 2.05) is 0 Å². The van der Waals surface area contributed by atoms with Crippen molar-refractivity contribution in [2.45, 2.75) is 85.5 Å². The molecule has 262 valence electrons. The Labute approximate surface area is 328 Å². The van der Waals surface area contributed by atoms with Gasteiger partial charge in [0.15, 0.2) is 0 Å². The van der Waals surface area contributed by atoms with Gasteiger partial charge >= 0.3 is 30.2 Å². The van der Waals surface area contributed by atoms with E-state index in [0.29, 0.717) is 17.8 Å². The van der Waals surface area contributed by atoms with Gasteiger partial charge in [-0.15, -0.1) is 93.9 Å². The summed E-state index contributed by atoms with van der Waals surface area (Å²) in [4.78, 5) is 0. The number of hydrogen-bond donors (Lipinski definition) is 0. The molecule has 6 aromatic carbocycles. The van der Waals surface area contributed by atoms with E-state index in [1.165, 1.54) is 109 Å². The summed E-state index contributed by atoms with van der Waals surface area (Å²) >= 11 is 1.36. The van der Waals surface area contributed by atoms with Crippen molar-refractivity contribution in [1.29, 1.82) is 0 Å². The van der Waals surface area contributed by atoms with E-state index in [4.69, 9.17) is 0 Å². The number of benzene rings is 4. The second-order valence-corrected chi connectivity index (χ2v) is 12.6. The van der Waals surface area contributed by atoms with Gasteiger partial charge in [-0.25, -0.2) is 0 Å². The first-order valence-electron chi connectivity index (χ1n) is 16.6. The summed E-state index contributed by atoms with van der Waals surface area (Å²) in [5, 5.41) is 5.45. The fourth-order valence-corrected chi connectivity index (χ4v) is 6.12. The van der Waals surface area contributed by atoms with E-state index in [1.54, 1.807) is 0 Å². The van der Waals surface area contributed by atoms with Gasteiger partial charge in [0.1, 0.15) is 0 Å². The van der Waals surface area contributed by atoms with Gasteiger partial charge in [0.05, 0.1) is 0 Å². The minimum atomic E-state index is 0. The Bertz CT molecular complexity index is 1800. The molecule has 0 saturated heterocycles. The second-order valence-electron chi connectivity index (χ2n) is 12.6. The van der Waals surface area contributed by atoms with Crippen LogP contribution in [-0.2, 0) is 23.3 Å². The van der Waals surface area contributed by atoms with E-state index in [-0.39, 0.29) is 39.7 Å². The van der Waals surface area contributed by atoms with E-state index in [0.717, 1.165) is 0 Å². The van der Waals surface area contributed by atoms with Crippen molar-refractivity contribution in [2.75, 3.05) is 0 Å².